The van der Waals surface area contributed by atoms with Crippen molar-refractivity contribution in [3.8, 4) is 23.0 Å². The first-order valence-corrected chi connectivity index (χ1v) is 7.94. The number of hydrogen-bond donors (Lipinski definition) is 1. The molecular formula is C20H22O4. The van der Waals surface area contributed by atoms with Gasteiger partial charge in [0.05, 0.1) is 14.2 Å². The molecule has 0 aliphatic carbocycles. The van der Waals surface area contributed by atoms with E-state index in [1.807, 2.05) is 24.3 Å². The van der Waals surface area contributed by atoms with Gasteiger partial charge >= 0.3 is 0 Å². The summed E-state index contributed by atoms with van der Waals surface area (Å²) in [5.74, 6) is 2.38. The van der Waals surface area contributed by atoms with Crippen LogP contribution in [0.15, 0.2) is 43.0 Å². The molecule has 0 aromatic heterocycles. The summed E-state index contributed by atoms with van der Waals surface area (Å²) < 4.78 is 16.9. The lowest BCUT2D eigenvalue weighted by atomic mass is 9.88. The molecule has 0 saturated carbocycles. The van der Waals surface area contributed by atoms with Gasteiger partial charge in [0.1, 0.15) is 17.6 Å². The maximum absolute atomic E-state index is 10.4. The molecule has 0 spiro atoms. The Morgan fingerprint density at radius 2 is 1.92 bits per heavy atom. The molecule has 24 heavy (non-hydrogen) atoms. The lowest BCUT2D eigenvalue weighted by molar-refractivity contribution is 0.208. The van der Waals surface area contributed by atoms with Crippen molar-refractivity contribution in [3.63, 3.8) is 0 Å². The smallest absolute Gasteiger partial charge is 0.166 e. The van der Waals surface area contributed by atoms with E-state index >= 15 is 0 Å². The molecule has 0 radical (unpaired) electrons. The van der Waals surface area contributed by atoms with Crippen LogP contribution in [0.2, 0.25) is 0 Å². The number of aromatic hydroxyl groups is 1. The van der Waals surface area contributed by atoms with Crippen LogP contribution >= 0.6 is 0 Å². The molecule has 0 saturated heterocycles. The van der Waals surface area contributed by atoms with Gasteiger partial charge in [0, 0.05) is 23.1 Å². The average Bonchev–Trinajstić information content (AvgIpc) is 2.95. The zero-order chi connectivity index (χ0) is 17.3. The second-order valence-corrected chi connectivity index (χ2v) is 5.91. The normalized spacial score (nSPS) is 18.6. The van der Waals surface area contributed by atoms with Crippen molar-refractivity contribution in [3.05, 3.63) is 59.7 Å². The second-order valence-electron chi connectivity index (χ2n) is 5.91. The first kappa shape index (κ1) is 16.2. The van der Waals surface area contributed by atoms with Gasteiger partial charge in [-0.2, -0.15) is 0 Å². The number of benzene rings is 2. The van der Waals surface area contributed by atoms with Gasteiger partial charge in [0.15, 0.2) is 11.5 Å². The minimum Gasteiger partial charge on any atom is -0.508 e. The van der Waals surface area contributed by atoms with E-state index < -0.39 is 0 Å². The van der Waals surface area contributed by atoms with Gasteiger partial charge < -0.3 is 19.3 Å². The highest BCUT2D eigenvalue weighted by Gasteiger charge is 2.37. The van der Waals surface area contributed by atoms with Crippen LogP contribution in [0, 0.1) is 0 Å². The first-order valence-electron chi connectivity index (χ1n) is 7.94. The number of hydrogen-bond acceptors (Lipinski definition) is 4. The van der Waals surface area contributed by atoms with Crippen LogP contribution < -0.4 is 14.2 Å². The van der Waals surface area contributed by atoms with Crippen molar-refractivity contribution in [2.24, 2.45) is 0 Å². The highest BCUT2D eigenvalue weighted by atomic mass is 16.5. The Bertz CT molecular complexity index is 749. The molecule has 1 heterocycles. The summed E-state index contributed by atoms with van der Waals surface area (Å²) in [7, 11) is 3.23. The monoisotopic (exact) mass is 326 g/mol. The number of rotatable bonds is 5. The van der Waals surface area contributed by atoms with Crippen molar-refractivity contribution in [2.45, 2.75) is 25.4 Å². The maximum Gasteiger partial charge on any atom is 0.166 e. The number of phenols is 1. The predicted molar refractivity (Wildman–Crippen MR) is 93.3 cm³/mol. The van der Waals surface area contributed by atoms with E-state index in [1.54, 1.807) is 26.4 Å². The highest BCUT2D eigenvalue weighted by molar-refractivity contribution is 5.61. The van der Waals surface area contributed by atoms with Crippen molar-refractivity contribution < 1.29 is 19.3 Å². The topological polar surface area (TPSA) is 47.9 Å². The van der Waals surface area contributed by atoms with E-state index in [0.29, 0.717) is 17.9 Å². The molecule has 2 aromatic carbocycles. The van der Waals surface area contributed by atoms with Gasteiger partial charge in [-0.15, -0.1) is 6.58 Å². The first-order chi connectivity index (χ1) is 11.6. The van der Waals surface area contributed by atoms with Crippen molar-refractivity contribution in [1.82, 2.24) is 0 Å². The van der Waals surface area contributed by atoms with Gasteiger partial charge in [0.25, 0.3) is 0 Å². The molecule has 0 bridgehead atoms. The fraction of sp³-hybridized carbons (Fsp3) is 0.300. The van der Waals surface area contributed by atoms with Gasteiger partial charge in [-0.05, 0) is 24.1 Å². The predicted octanol–water partition coefficient (Wildman–Crippen LogP) is 4.38. The number of fused-ring (bicyclic) bond motifs is 1. The Kier molecular flexibility index (Phi) is 4.38. The standard InChI is InChI=1S/C20H22O4/c1-5-6-15-16(21)11-17(23-4)20-18(15)12(2)19(24-20)13-7-9-14(22-3)10-8-13/h5,7-12,19,21H,1,6H2,2-4H3/t12-,19-/m0/s1. The third-order valence-corrected chi connectivity index (χ3v) is 4.54. The summed E-state index contributed by atoms with van der Waals surface area (Å²) in [5, 5.41) is 10.4. The van der Waals surface area contributed by atoms with Gasteiger partial charge in [-0.1, -0.05) is 25.1 Å². The Labute approximate surface area is 142 Å². The third-order valence-electron chi connectivity index (χ3n) is 4.54. The molecule has 0 unspecified atom stereocenters. The lowest BCUT2D eigenvalue weighted by Crippen LogP contribution is -2.07. The maximum atomic E-state index is 10.4. The molecule has 126 valence electrons. The van der Waals surface area contributed by atoms with Crippen molar-refractivity contribution >= 4 is 0 Å². The summed E-state index contributed by atoms with van der Waals surface area (Å²) in [5.41, 5.74) is 2.91. The van der Waals surface area contributed by atoms with Crippen LogP contribution in [0.4, 0.5) is 0 Å². The van der Waals surface area contributed by atoms with E-state index in [9.17, 15) is 5.11 Å². The van der Waals surface area contributed by atoms with Crippen LogP contribution in [0.5, 0.6) is 23.0 Å². The number of phenolic OH excluding ortho intramolecular Hbond substituents is 1. The van der Waals surface area contributed by atoms with Crippen molar-refractivity contribution in [1.29, 1.82) is 0 Å². The minimum absolute atomic E-state index is 0.0874. The van der Waals surface area contributed by atoms with Crippen molar-refractivity contribution in [2.75, 3.05) is 14.2 Å². The van der Waals surface area contributed by atoms with E-state index in [2.05, 4.69) is 13.5 Å². The van der Waals surface area contributed by atoms with E-state index in [0.717, 1.165) is 22.4 Å². The van der Waals surface area contributed by atoms with Crippen LogP contribution in [0.1, 0.15) is 35.6 Å². The Morgan fingerprint density at radius 1 is 1.21 bits per heavy atom. The van der Waals surface area contributed by atoms with E-state index in [1.165, 1.54) is 0 Å². The zero-order valence-electron chi connectivity index (χ0n) is 14.2. The fourth-order valence-corrected chi connectivity index (χ4v) is 3.33. The molecule has 0 amide bonds. The number of ether oxygens (including phenoxy) is 3. The highest BCUT2D eigenvalue weighted by Crippen LogP contribution is 2.54. The number of methoxy groups -OCH3 is 2. The molecular weight excluding hydrogens is 304 g/mol. The van der Waals surface area contributed by atoms with Gasteiger partial charge in [0.2, 0.25) is 0 Å². The van der Waals surface area contributed by atoms with Crippen LogP contribution in [-0.4, -0.2) is 19.3 Å². The second kappa shape index (κ2) is 6.48. The van der Waals surface area contributed by atoms with E-state index in [-0.39, 0.29) is 17.8 Å². The summed E-state index contributed by atoms with van der Waals surface area (Å²) in [6.07, 6.45) is 2.24. The van der Waals surface area contributed by atoms with E-state index in [4.69, 9.17) is 14.2 Å². The minimum atomic E-state index is -0.134. The van der Waals surface area contributed by atoms with Crippen LogP contribution in [-0.2, 0) is 6.42 Å². The zero-order valence-corrected chi connectivity index (χ0v) is 14.2. The Hall–Kier alpha value is -2.62. The average molecular weight is 326 g/mol. The molecule has 2 aromatic rings. The molecule has 4 nitrogen and oxygen atoms in total. The summed E-state index contributed by atoms with van der Waals surface area (Å²) in [6, 6.07) is 9.47. The third kappa shape index (κ3) is 2.58. The van der Waals surface area contributed by atoms with Gasteiger partial charge in [-0.3, -0.25) is 0 Å². The van der Waals surface area contributed by atoms with Gasteiger partial charge in [-0.25, -0.2) is 0 Å². The fourth-order valence-electron chi connectivity index (χ4n) is 3.33. The molecule has 1 aliphatic rings. The summed E-state index contributed by atoms with van der Waals surface area (Å²) >= 11 is 0. The van der Waals surface area contributed by atoms with Crippen LogP contribution in [0.25, 0.3) is 0 Å². The largest absolute Gasteiger partial charge is 0.508 e. The Balaban J connectivity index is 2.06. The molecule has 1 aliphatic heterocycles. The molecule has 0 fully saturated rings. The molecule has 4 heteroatoms. The SMILES string of the molecule is C=CCc1c(O)cc(OC)c2c1[C@H](C)[C@@H](c1ccc(OC)cc1)O2. The number of allylic oxidation sites excluding steroid dienone is 1. The molecule has 1 N–H and O–H groups in total. The summed E-state index contributed by atoms with van der Waals surface area (Å²) in [4.78, 5) is 0. The molecule has 3 rings (SSSR count). The van der Waals surface area contributed by atoms with Crippen LogP contribution in [0.3, 0.4) is 0 Å². The molecule has 2 atom stereocenters. The quantitative estimate of drug-likeness (QED) is 0.829. The lowest BCUT2D eigenvalue weighted by Gasteiger charge is -2.16. The summed E-state index contributed by atoms with van der Waals surface area (Å²) in [6.45, 7) is 5.89. The Morgan fingerprint density at radius 3 is 2.50 bits per heavy atom.